The number of halogens is 2. The molecular weight excluding hydrogens is 894 g/mol. The number of hydrogen-bond donors (Lipinski definition) is 0. The average molecular weight is 919 g/mol. The van der Waals surface area contributed by atoms with E-state index in [0.717, 1.165) is 82.9 Å². The summed E-state index contributed by atoms with van der Waals surface area (Å²) in [7, 11) is -9.89. The molecule has 4 aliphatic rings. The third-order valence-electron chi connectivity index (χ3n) is 6.99. The number of ether oxygens (including phenoxy) is 4. The maximum Gasteiger partial charge on any atom is 2.00 e. The number of carbonyl (C=O) groups is 2. The van der Waals surface area contributed by atoms with Crippen LogP contribution in [0.15, 0.2) is 83.0 Å². The Kier molecular flexibility index (Phi) is 18.5. The SMILES string of the molecule is O=C([O-])C(=O)[O-].[Cu+2].[Cu+2].[O-][Cl+3]([O-])([O-])[O-].[O-][Cl+3]([O-])([O-])[O-].c1ccc(C2=NCCc3cc4c(cc32)OCO4)nc1.c1ccc(C2=NCCc3cc4c(cc32)OCO4)nc1. The molecule has 0 unspecified atom stereocenters. The second kappa shape index (κ2) is 21.7. The zero-order valence-corrected chi connectivity index (χ0v) is 31.2. The number of fused-ring (bicyclic) bond motifs is 4. The third kappa shape index (κ3) is 15.2. The molecule has 304 valence electrons. The number of rotatable bonds is 2. The van der Waals surface area contributed by atoms with Gasteiger partial charge < -0.3 is 38.7 Å². The van der Waals surface area contributed by atoms with Gasteiger partial charge in [0.05, 0.1) is 34.7 Å². The van der Waals surface area contributed by atoms with Gasteiger partial charge in [-0.3, -0.25) is 20.0 Å². The summed E-state index contributed by atoms with van der Waals surface area (Å²) in [6.45, 7) is 2.18. The Hall–Kier alpha value is -4.48. The topological polar surface area (TPSA) is 352 Å². The molecule has 20 nitrogen and oxygen atoms in total. The van der Waals surface area contributed by atoms with Crippen LogP contribution < -0.4 is 66.4 Å². The normalized spacial score (nSPS) is 13.7. The Morgan fingerprint density at radius 2 is 0.857 bits per heavy atom. The van der Waals surface area contributed by atoms with E-state index in [1.807, 2.05) is 48.5 Å². The Balaban J connectivity index is 0.000000275. The van der Waals surface area contributed by atoms with Gasteiger partial charge >= 0.3 is 34.1 Å². The van der Waals surface area contributed by atoms with E-state index in [9.17, 15) is 0 Å². The molecule has 2 aromatic heterocycles. The van der Waals surface area contributed by atoms with E-state index in [0.29, 0.717) is 13.6 Å². The maximum absolute atomic E-state index is 8.93. The van der Waals surface area contributed by atoms with Gasteiger partial charge in [-0.25, -0.2) is 37.3 Å². The van der Waals surface area contributed by atoms with Crippen LogP contribution in [0.1, 0.15) is 33.6 Å². The smallest absolute Gasteiger partial charge is 0.543 e. The molecule has 0 spiro atoms. The summed E-state index contributed by atoms with van der Waals surface area (Å²) in [6.07, 6.45) is 5.45. The predicted molar refractivity (Wildman–Crippen MR) is 152 cm³/mol. The number of benzene rings is 2. The van der Waals surface area contributed by atoms with Crippen molar-refractivity contribution >= 4 is 23.4 Å². The van der Waals surface area contributed by atoms with Crippen molar-refractivity contribution in [1.29, 1.82) is 0 Å². The first kappa shape index (κ1) is 47.7. The van der Waals surface area contributed by atoms with E-state index in [4.69, 9.17) is 76.0 Å². The monoisotopic (exact) mass is 916 g/mol. The van der Waals surface area contributed by atoms with Crippen LogP contribution in [0.3, 0.4) is 0 Å². The number of aromatic nitrogens is 2. The molecule has 0 saturated heterocycles. The molecule has 56 heavy (non-hydrogen) atoms. The Bertz CT molecular complexity index is 1850. The molecule has 0 amide bonds. The molecule has 0 aliphatic carbocycles. The van der Waals surface area contributed by atoms with Crippen molar-refractivity contribution in [1.82, 2.24) is 9.97 Å². The average Bonchev–Trinajstić information content (AvgIpc) is 3.78. The summed E-state index contributed by atoms with van der Waals surface area (Å²) in [4.78, 5) is 35.9. The third-order valence-corrected chi connectivity index (χ3v) is 6.99. The minimum absolute atomic E-state index is 0. The molecule has 0 fully saturated rings. The first-order chi connectivity index (χ1) is 25.5. The van der Waals surface area contributed by atoms with E-state index >= 15 is 0 Å². The van der Waals surface area contributed by atoms with Gasteiger partial charge in [0.1, 0.15) is 0 Å². The van der Waals surface area contributed by atoms with Gasteiger partial charge in [0.2, 0.25) is 13.6 Å². The van der Waals surface area contributed by atoms with Crippen molar-refractivity contribution in [2.45, 2.75) is 12.8 Å². The molecule has 2 radical (unpaired) electrons. The van der Waals surface area contributed by atoms with Gasteiger partial charge in [0.25, 0.3) is 0 Å². The van der Waals surface area contributed by atoms with Crippen molar-refractivity contribution in [3.8, 4) is 23.0 Å². The molecule has 0 saturated carbocycles. The number of carbonyl (C=O) groups excluding carboxylic acids is 2. The molecule has 0 atom stereocenters. The maximum atomic E-state index is 8.93. The number of carboxylic acid groups (broad SMARTS) is 2. The number of pyridine rings is 2. The Labute approximate surface area is 341 Å². The van der Waals surface area contributed by atoms with Crippen LogP contribution in [0.5, 0.6) is 23.0 Å². The fourth-order valence-electron chi connectivity index (χ4n) is 5.01. The van der Waals surface area contributed by atoms with Gasteiger partial charge in [-0.2, -0.15) is 0 Å². The van der Waals surface area contributed by atoms with Crippen LogP contribution in [0.2, 0.25) is 0 Å². The van der Waals surface area contributed by atoms with Crippen LogP contribution in [0.25, 0.3) is 0 Å². The molecule has 24 heteroatoms. The van der Waals surface area contributed by atoms with E-state index in [1.165, 1.54) is 11.1 Å². The number of aliphatic carboxylic acids is 2. The standard InChI is InChI=1S/2C15H12N2O2.C2H2O4.2ClHO4.2Cu/c2*1-2-5-16-12(3-1)15-11-8-14-13(18-9-19-14)7-10(11)4-6-17-15;3-1(4)2(5)6;2*2-1(3,4)5;;/h2*1-3,5,7-8H,4,6,9H2;(H,3,4)(H,5,6);2*(H,2,3,4,5);;/q;;;;;2*+2/p-4. The number of nitrogens with zero attached hydrogens (tertiary/aromatic N) is 4. The van der Waals surface area contributed by atoms with Crippen LogP contribution in [0, 0.1) is 20.5 Å². The molecular formula is C32H24Cl2Cu2N4O16. The van der Waals surface area contributed by atoms with Crippen LogP contribution in [0.4, 0.5) is 0 Å². The molecule has 6 heterocycles. The first-order valence-electron chi connectivity index (χ1n) is 14.9. The molecule has 0 N–H and O–H groups in total. The summed E-state index contributed by atoms with van der Waals surface area (Å²) < 4.78 is 89.7. The van der Waals surface area contributed by atoms with Crippen molar-refractivity contribution in [3.63, 3.8) is 0 Å². The zero-order chi connectivity index (χ0) is 39.5. The van der Waals surface area contributed by atoms with Gasteiger partial charge in [-0.1, -0.05) is 12.1 Å². The zero-order valence-electron chi connectivity index (χ0n) is 27.9. The largest absolute Gasteiger partial charge is 2.00 e. The van der Waals surface area contributed by atoms with Crippen molar-refractivity contribution in [3.05, 3.63) is 107 Å². The number of hydrogen-bond acceptors (Lipinski definition) is 20. The summed E-state index contributed by atoms with van der Waals surface area (Å²) in [5, 5.41) is 17.9. The van der Waals surface area contributed by atoms with Gasteiger partial charge in [-0.05, 0) is 72.5 Å². The van der Waals surface area contributed by atoms with Crippen molar-refractivity contribution in [2.24, 2.45) is 9.98 Å². The van der Waals surface area contributed by atoms with Gasteiger partial charge in [0.15, 0.2) is 23.0 Å². The number of carboxylic acids is 2. The number of aliphatic imine (C=N–C) groups is 2. The van der Waals surface area contributed by atoms with Crippen LogP contribution >= 0.6 is 0 Å². The van der Waals surface area contributed by atoms with E-state index in [-0.39, 0.29) is 34.1 Å². The molecule has 0 bridgehead atoms. The van der Waals surface area contributed by atoms with E-state index in [2.05, 4.69) is 32.1 Å². The second-order valence-corrected chi connectivity index (χ2v) is 12.0. The quantitative estimate of drug-likeness (QED) is 0.133. The van der Waals surface area contributed by atoms with Crippen LogP contribution in [-0.4, -0.2) is 60.0 Å². The predicted octanol–water partition coefficient (Wildman–Crippen LogP) is -8.62. The van der Waals surface area contributed by atoms with Gasteiger partial charge in [0, 0.05) is 36.6 Å². The minimum atomic E-state index is -4.94. The minimum Gasteiger partial charge on any atom is -0.543 e. The Morgan fingerprint density at radius 1 is 0.536 bits per heavy atom. The van der Waals surface area contributed by atoms with E-state index < -0.39 is 32.4 Å². The molecule has 2 aromatic carbocycles. The summed E-state index contributed by atoms with van der Waals surface area (Å²) >= 11 is 0. The first-order valence-corrected chi connectivity index (χ1v) is 17.4. The fraction of sp³-hybridized carbons (Fsp3) is 0.188. The Morgan fingerprint density at radius 3 is 1.14 bits per heavy atom. The fourth-order valence-corrected chi connectivity index (χ4v) is 5.01. The summed E-state index contributed by atoms with van der Waals surface area (Å²) in [6, 6.07) is 19.9. The van der Waals surface area contributed by atoms with Crippen molar-refractivity contribution in [2.75, 3.05) is 26.7 Å². The molecule has 4 aliphatic heterocycles. The molecule has 8 rings (SSSR count). The van der Waals surface area contributed by atoms with Crippen LogP contribution in [-0.2, 0) is 56.6 Å². The van der Waals surface area contributed by atoms with Crippen molar-refractivity contribution < 1.29 is 131 Å². The van der Waals surface area contributed by atoms with E-state index in [1.54, 1.807) is 12.4 Å². The summed E-state index contributed by atoms with van der Waals surface area (Å²) in [5.41, 5.74) is 8.41. The molecule has 4 aromatic rings. The summed E-state index contributed by atoms with van der Waals surface area (Å²) in [5.74, 6) is -1.11. The van der Waals surface area contributed by atoms with Gasteiger partial charge in [-0.15, -0.1) is 20.5 Å². The second-order valence-electron chi connectivity index (χ2n) is 10.4.